The van der Waals surface area contributed by atoms with Crippen molar-refractivity contribution in [2.45, 2.75) is 49.2 Å². The molecular weight excluding hydrogens is 446 g/mol. The Morgan fingerprint density at radius 3 is 2.17 bits per heavy atom. The van der Waals surface area contributed by atoms with Gasteiger partial charge in [-0.15, -0.1) is 0 Å². The minimum absolute atomic E-state index is 0.0825. The van der Waals surface area contributed by atoms with Gasteiger partial charge in [-0.3, -0.25) is 4.79 Å². The topological polar surface area (TPSA) is 99.2 Å². The van der Waals surface area contributed by atoms with Crippen molar-refractivity contribution in [3.63, 3.8) is 0 Å². The van der Waals surface area contributed by atoms with E-state index in [2.05, 4.69) is 17.4 Å². The van der Waals surface area contributed by atoms with Crippen molar-refractivity contribution in [2.24, 2.45) is 0 Å². The van der Waals surface area contributed by atoms with Crippen LogP contribution < -0.4 is 5.32 Å². The Balaban J connectivity index is 1.30. The Bertz CT molecular complexity index is 1110. The van der Waals surface area contributed by atoms with Crippen molar-refractivity contribution in [1.82, 2.24) is 15.1 Å². The van der Waals surface area contributed by atoms with Gasteiger partial charge in [0, 0.05) is 18.5 Å². The molecule has 2 aromatic rings. The summed E-state index contributed by atoms with van der Waals surface area (Å²) in [4.78, 5) is 41.9. The van der Waals surface area contributed by atoms with Crippen LogP contribution >= 0.6 is 0 Å². The lowest BCUT2D eigenvalue weighted by atomic mass is 9.88. The highest BCUT2D eigenvalue weighted by molar-refractivity contribution is 5.93. The molecule has 2 bridgehead atoms. The summed E-state index contributed by atoms with van der Waals surface area (Å²) in [5, 5.41) is 12.6. The van der Waals surface area contributed by atoms with Crippen LogP contribution in [0.5, 0.6) is 0 Å². The number of alkyl carbamates (subject to hydrolysis) is 1. The number of fused-ring (bicyclic) bond motifs is 5. The van der Waals surface area contributed by atoms with Gasteiger partial charge >= 0.3 is 12.1 Å². The van der Waals surface area contributed by atoms with Gasteiger partial charge in [0.15, 0.2) is 0 Å². The zero-order valence-electron chi connectivity index (χ0n) is 20.1. The number of carboxylic acids is 1. The molecule has 2 N–H and O–H groups in total. The molecule has 8 nitrogen and oxygen atoms in total. The first-order chi connectivity index (χ1) is 16.8. The van der Waals surface area contributed by atoms with Crippen LogP contribution in [0.15, 0.2) is 48.5 Å². The molecule has 2 heterocycles. The number of carbonyl (C=O) groups is 3. The van der Waals surface area contributed by atoms with Crippen LogP contribution in [-0.2, 0) is 14.3 Å². The largest absolute Gasteiger partial charge is 0.479 e. The highest BCUT2D eigenvalue weighted by Gasteiger charge is 2.59. The fourth-order valence-corrected chi connectivity index (χ4v) is 6.14. The lowest BCUT2D eigenvalue weighted by Crippen LogP contribution is -2.59. The second kappa shape index (κ2) is 9.00. The molecule has 2 aromatic carbocycles. The molecule has 8 heteroatoms. The number of carbonyl (C=O) groups excluding carboxylic acids is 2. The summed E-state index contributed by atoms with van der Waals surface area (Å²) in [6.07, 6.45) is 1.59. The van der Waals surface area contributed by atoms with Crippen molar-refractivity contribution in [1.29, 1.82) is 0 Å². The predicted molar refractivity (Wildman–Crippen MR) is 130 cm³/mol. The molecule has 0 unspecified atom stereocenters. The second-order valence-electron chi connectivity index (χ2n) is 10.1. The van der Waals surface area contributed by atoms with E-state index in [0.29, 0.717) is 25.7 Å². The Kier molecular flexibility index (Phi) is 6.01. The van der Waals surface area contributed by atoms with Crippen molar-refractivity contribution in [3.8, 4) is 11.1 Å². The SMILES string of the molecule is CN(C)C[C@H](NC(=O)OCC1c2ccccc2-c2ccccc21)C(=O)N1C2CCC1(C(=O)O)CC2. The Morgan fingerprint density at radius 2 is 1.63 bits per heavy atom. The molecule has 0 aromatic heterocycles. The predicted octanol–water partition coefficient (Wildman–Crippen LogP) is 3.06. The quantitative estimate of drug-likeness (QED) is 0.636. The average molecular weight is 478 g/mol. The van der Waals surface area contributed by atoms with Crippen molar-refractivity contribution in [3.05, 3.63) is 59.7 Å². The lowest BCUT2D eigenvalue weighted by Gasteiger charge is -2.34. The molecule has 1 atom stereocenters. The average Bonchev–Trinajstić information content (AvgIpc) is 3.50. The molecule has 184 valence electrons. The number of benzene rings is 2. The van der Waals surface area contributed by atoms with Gasteiger partial charge in [-0.05, 0) is 62.0 Å². The number of rotatable bonds is 7. The number of ether oxygens (including phenoxy) is 1. The van der Waals surface area contributed by atoms with Gasteiger partial charge in [0.2, 0.25) is 5.91 Å². The molecule has 35 heavy (non-hydrogen) atoms. The summed E-state index contributed by atoms with van der Waals surface area (Å²) in [5.41, 5.74) is 3.34. The zero-order chi connectivity index (χ0) is 24.7. The highest BCUT2D eigenvalue weighted by Crippen LogP contribution is 2.47. The normalized spacial score (nSPS) is 23.2. The molecule has 0 spiro atoms. The summed E-state index contributed by atoms with van der Waals surface area (Å²) in [7, 11) is 3.62. The molecule has 3 aliphatic rings. The van der Waals surface area contributed by atoms with Crippen LogP contribution in [0, 0.1) is 0 Å². The van der Waals surface area contributed by atoms with E-state index < -0.39 is 23.6 Å². The van der Waals surface area contributed by atoms with Gasteiger partial charge in [0.05, 0.1) is 0 Å². The van der Waals surface area contributed by atoms with E-state index >= 15 is 0 Å². The minimum atomic E-state index is -1.16. The fourth-order valence-electron chi connectivity index (χ4n) is 6.14. The maximum Gasteiger partial charge on any atom is 0.407 e. The summed E-state index contributed by atoms with van der Waals surface area (Å²) < 4.78 is 5.65. The summed E-state index contributed by atoms with van der Waals surface area (Å²) in [5.74, 6) is -1.40. The number of likely N-dealkylation sites (N-methyl/N-ethyl adjacent to an activating group) is 1. The van der Waals surface area contributed by atoms with Gasteiger partial charge in [-0.1, -0.05) is 48.5 Å². The first-order valence-corrected chi connectivity index (χ1v) is 12.1. The number of carboxylic acid groups (broad SMARTS) is 1. The molecule has 0 saturated carbocycles. The molecule has 1 aliphatic carbocycles. The molecular formula is C27H31N3O5. The summed E-state index contributed by atoms with van der Waals surface area (Å²) >= 11 is 0. The van der Waals surface area contributed by atoms with Crippen LogP contribution in [0.1, 0.15) is 42.7 Å². The van der Waals surface area contributed by atoms with Gasteiger partial charge < -0.3 is 25.0 Å². The maximum atomic E-state index is 13.5. The Morgan fingerprint density at radius 1 is 1.06 bits per heavy atom. The standard InChI is InChI=1S/C27H31N3O5/c1-29(2)15-23(24(31)30-17-11-13-27(30,14-12-17)25(32)33)28-26(34)35-16-22-20-9-5-3-7-18(20)19-8-4-6-10-21(19)22/h3-10,17,22-23H,11-16H2,1-2H3,(H,28,34)(H,32,33)/t17?,23-,27?/m0/s1. The van der Waals surface area contributed by atoms with E-state index in [4.69, 9.17) is 4.74 Å². The van der Waals surface area contributed by atoms with Crippen molar-refractivity contribution >= 4 is 18.0 Å². The molecule has 5 rings (SSSR count). The monoisotopic (exact) mass is 477 g/mol. The van der Waals surface area contributed by atoms with Crippen LogP contribution in [0.25, 0.3) is 11.1 Å². The number of nitrogens with one attached hydrogen (secondary N) is 1. The van der Waals surface area contributed by atoms with Gasteiger partial charge in [-0.25, -0.2) is 9.59 Å². The molecule has 2 amide bonds. The van der Waals surface area contributed by atoms with Crippen LogP contribution in [-0.4, -0.2) is 77.7 Å². The molecule has 2 aliphatic heterocycles. The minimum Gasteiger partial charge on any atom is -0.479 e. The molecule has 2 saturated heterocycles. The number of hydrogen-bond donors (Lipinski definition) is 2. The van der Waals surface area contributed by atoms with E-state index in [9.17, 15) is 19.5 Å². The van der Waals surface area contributed by atoms with Crippen LogP contribution in [0.2, 0.25) is 0 Å². The van der Waals surface area contributed by atoms with E-state index in [0.717, 1.165) is 22.3 Å². The smallest absolute Gasteiger partial charge is 0.407 e. The number of amides is 2. The first kappa shape index (κ1) is 23.4. The van der Waals surface area contributed by atoms with E-state index in [-0.39, 0.29) is 31.0 Å². The van der Waals surface area contributed by atoms with E-state index in [1.807, 2.05) is 50.5 Å². The number of aliphatic carboxylic acids is 1. The van der Waals surface area contributed by atoms with E-state index in [1.54, 1.807) is 4.90 Å². The number of hydrogen-bond acceptors (Lipinski definition) is 5. The molecule has 2 fully saturated rings. The van der Waals surface area contributed by atoms with E-state index in [1.165, 1.54) is 4.90 Å². The van der Waals surface area contributed by atoms with Crippen molar-refractivity contribution < 1.29 is 24.2 Å². The Labute approximate surface area is 204 Å². The number of nitrogens with zero attached hydrogens (tertiary/aromatic N) is 2. The van der Waals surface area contributed by atoms with Gasteiger partial charge in [-0.2, -0.15) is 0 Å². The lowest BCUT2D eigenvalue weighted by molar-refractivity contribution is -0.156. The highest BCUT2D eigenvalue weighted by atomic mass is 16.5. The molecule has 0 radical (unpaired) electrons. The third kappa shape index (κ3) is 3.95. The van der Waals surface area contributed by atoms with Crippen LogP contribution in [0.4, 0.5) is 4.79 Å². The third-order valence-corrected chi connectivity index (χ3v) is 7.73. The third-order valence-electron chi connectivity index (χ3n) is 7.73. The van der Waals surface area contributed by atoms with Crippen LogP contribution in [0.3, 0.4) is 0 Å². The van der Waals surface area contributed by atoms with Crippen molar-refractivity contribution in [2.75, 3.05) is 27.2 Å². The van der Waals surface area contributed by atoms with Gasteiger partial charge in [0.25, 0.3) is 0 Å². The summed E-state index contributed by atoms with van der Waals surface area (Å²) in [6, 6.07) is 15.2. The fraction of sp³-hybridized carbons (Fsp3) is 0.444. The summed E-state index contributed by atoms with van der Waals surface area (Å²) in [6.45, 7) is 0.399. The Hall–Kier alpha value is -3.39. The first-order valence-electron chi connectivity index (χ1n) is 12.1. The second-order valence-corrected chi connectivity index (χ2v) is 10.1. The maximum absolute atomic E-state index is 13.5. The zero-order valence-corrected chi connectivity index (χ0v) is 20.1. The van der Waals surface area contributed by atoms with Gasteiger partial charge in [0.1, 0.15) is 18.2 Å².